The number of hydrogen-bond acceptors (Lipinski definition) is 8. The Kier molecular flexibility index (Phi) is 11.7. The number of anilines is 2. The van der Waals surface area contributed by atoms with Crippen LogP contribution in [0, 0.1) is 17.8 Å². The first-order chi connectivity index (χ1) is 25.7. The summed E-state index contributed by atoms with van der Waals surface area (Å²) in [5.41, 5.74) is 4.25. The van der Waals surface area contributed by atoms with Gasteiger partial charge >= 0.3 is 0 Å². The minimum Gasteiger partial charge on any atom is -0.370 e. The number of nitrogens with one attached hydrogen (secondary N) is 2. The Bertz CT molecular complexity index is 2270. The Balaban J connectivity index is 0.000000217. The van der Waals surface area contributed by atoms with Gasteiger partial charge in [-0.15, -0.1) is 0 Å². The molecule has 2 aromatic carbocycles. The van der Waals surface area contributed by atoms with Crippen LogP contribution < -0.4 is 10.6 Å². The maximum atomic E-state index is 6.46. The average Bonchev–Trinajstić information content (AvgIpc) is 4.07. The number of rotatable bonds is 10. The third-order valence-electron chi connectivity index (χ3n) is 11.1. The molecule has 0 amide bonds. The molecule has 55 heavy (non-hydrogen) atoms. The zero-order chi connectivity index (χ0) is 36.1. The second kappa shape index (κ2) is 16.3. The van der Waals surface area contributed by atoms with Gasteiger partial charge in [0.1, 0.15) is 34.9 Å². The molecule has 3 saturated carbocycles. The summed E-state index contributed by atoms with van der Waals surface area (Å²) in [6, 6.07) is 23.4. The predicted octanol–water partition coefficient (Wildman–Crippen LogP) is 11.3. The van der Waals surface area contributed by atoms with Crippen LogP contribution in [-0.4, -0.2) is 55.6 Å². The van der Waals surface area contributed by atoms with Gasteiger partial charge in [-0.3, -0.25) is 0 Å². The standard InChI is InChI=1S/C29H32ClN5O2.C13H13BrN2.2CH4/c1-29(2)36-25-20(14-23(26(25)37-29)35-12-11-21-27(30)32-16-33-28(21)35)8-6-17-5-7-19-9-10-24(34-22(19)13-17)31-15-18-3-4-18;14-11-5-3-10-4-6-13(16-12(10)7-11)15-8-9-1-2-9;;/h5,7,9-13,16,18,20,23,25-26H,3-4,6,8,14-15H2,1-2H3,(H,31,34);3-7,9H,1-2,8H2,(H,15,16);2*1H4/t20-,23+,25+,26-;;;/m0.../s1. The first kappa shape index (κ1) is 39.4. The van der Waals surface area contributed by atoms with E-state index in [-0.39, 0.29) is 33.1 Å². The van der Waals surface area contributed by atoms with Gasteiger partial charge in [-0.1, -0.05) is 60.6 Å². The number of halogens is 2. The van der Waals surface area contributed by atoms with Gasteiger partial charge in [0.25, 0.3) is 0 Å². The molecule has 9 nitrogen and oxygen atoms in total. The first-order valence-corrected chi connectivity index (χ1v) is 20.2. The number of aromatic nitrogens is 5. The van der Waals surface area contributed by atoms with E-state index in [1.165, 1.54) is 48.3 Å². The third kappa shape index (κ3) is 8.93. The fourth-order valence-corrected chi connectivity index (χ4v) is 8.46. The van der Waals surface area contributed by atoms with Crippen molar-refractivity contribution in [2.24, 2.45) is 17.8 Å². The molecule has 1 aliphatic heterocycles. The Morgan fingerprint density at radius 2 is 1.42 bits per heavy atom. The van der Waals surface area contributed by atoms with Crippen molar-refractivity contribution in [2.75, 3.05) is 23.7 Å². The average molecular weight is 827 g/mol. The van der Waals surface area contributed by atoms with E-state index in [0.29, 0.717) is 11.1 Å². The molecule has 0 unspecified atom stereocenters. The van der Waals surface area contributed by atoms with Crippen molar-refractivity contribution in [3.63, 3.8) is 0 Å². The molecule has 4 aromatic heterocycles. The monoisotopic (exact) mass is 825 g/mol. The molecule has 2 N–H and O–H groups in total. The molecular weight excluding hydrogens is 774 g/mol. The molecule has 0 radical (unpaired) electrons. The van der Waals surface area contributed by atoms with Crippen LogP contribution in [0.3, 0.4) is 0 Å². The van der Waals surface area contributed by atoms with E-state index in [2.05, 4.69) is 107 Å². The number of ether oxygens (including phenoxy) is 2. The van der Waals surface area contributed by atoms with Crippen LogP contribution in [0.1, 0.15) is 78.8 Å². The van der Waals surface area contributed by atoms with E-state index < -0.39 is 5.79 Å². The first-order valence-electron chi connectivity index (χ1n) is 19.0. The Morgan fingerprint density at radius 3 is 2.09 bits per heavy atom. The lowest BCUT2D eigenvalue weighted by molar-refractivity contribution is -0.160. The van der Waals surface area contributed by atoms with Crippen molar-refractivity contribution in [1.29, 1.82) is 0 Å². The molecule has 4 fully saturated rings. The number of pyridine rings is 2. The molecule has 1 saturated heterocycles. The minimum atomic E-state index is -0.599. The van der Waals surface area contributed by atoms with E-state index in [4.69, 9.17) is 26.1 Å². The maximum Gasteiger partial charge on any atom is 0.163 e. The van der Waals surface area contributed by atoms with Crippen LogP contribution in [0.25, 0.3) is 32.8 Å². The lowest BCUT2D eigenvalue weighted by Crippen LogP contribution is -2.27. The normalized spacial score (nSPS) is 22.4. The quantitative estimate of drug-likeness (QED) is 0.132. The molecule has 290 valence electrons. The van der Waals surface area contributed by atoms with E-state index in [9.17, 15) is 0 Å². The number of hydrogen-bond donors (Lipinski definition) is 2. The van der Waals surface area contributed by atoms with Gasteiger partial charge in [-0.2, -0.15) is 0 Å². The van der Waals surface area contributed by atoms with Crippen molar-refractivity contribution in [1.82, 2.24) is 24.5 Å². The molecule has 5 heterocycles. The second-order valence-electron chi connectivity index (χ2n) is 15.7. The Labute approximate surface area is 338 Å². The van der Waals surface area contributed by atoms with E-state index in [1.807, 2.05) is 26.0 Å². The molecule has 0 spiro atoms. The van der Waals surface area contributed by atoms with Gasteiger partial charge in [0.2, 0.25) is 0 Å². The molecule has 6 aromatic rings. The van der Waals surface area contributed by atoms with Crippen molar-refractivity contribution < 1.29 is 9.47 Å². The summed E-state index contributed by atoms with van der Waals surface area (Å²) in [6.07, 6.45) is 12.0. The van der Waals surface area contributed by atoms with Crippen molar-refractivity contribution >= 4 is 72.0 Å². The van der Waals surface area contributed by atoms with Gasteiger partial charge < -0.3 is 24.7 Å². The highest BCUT2D eigenvalue weighted by molar-refractivity contribution is 9.10. The number of fused-ring (bicyclic) bond motifs is 4. The van der Waals surface area contributed by atoms with Gasteiger partial charge in [-0.25, -0.2) is 19.9 Å². The predicted molar refractivity (Wildman–Crippen MR) is 229 cm³/mol. The second-order valence-corrected chi connectivity index (χ2v) is 17.0. The van der Waals surface area contributed by atoms with Gasteiger partial charge in [-0.05, 0) is 131 Å². The van der Waals surface area contributed by atoms with Crippen LogP contribution >= 0.6 is 27.5 Å². The fourth-order valence-electron chi connectivity index (χ4n) is 7.92. The lowest BCUT2D eigenvalue weighted by atomic mass is 9.95. The van der Waals surface area contributed by atoms with E-state index in [0.717, 1.165) is 82.4 Å². The zero-order valence-electron chi connectivity index (χ0n) is 30.1. The fraction of sp³-hybridized carbons (Fsp3) is 0.455. The molecule has 0 bridgehead atoms. The summed E-state index contributed by atoms with van der Waals surface area (Å²) in [6.45, 7) is 6.11. The smallest absolute Gasteiger partial charge is 0.163 e. The van der Waals surface area contributed by atoms with Gasteiger partial charge in [0.15, 0.2) is 5.79 Å². The molecular formula is C44H53BrClN7O2. The van der Waals surface area contributed by atoms with E-state index in [1.54, 1.807) is 0 Å². The Hall–Kier alpha value is -3.83. The number of aryl methyl sites for hydroxylation is 1. The SMILES string of the molecule is Brc1ccc2ccc(NCC3CC3)nc2c1.C.C.CC1(C)O[C@@H]2[C@@H](CCc3ccc4ccc(NCC5CC5)nc4c3)C[C@@H](n3ccc4c(Cl)ncnc43)[C@@H]2O1. The molecule has 4 atom stereocenters. The summed E-state index contributed by atoms with van der Waals surface area (Å²) in [5.74, 6) is 3.43. The van der Waals surface area contributed by atoms with Crippen LogP contribution in [0.5, 0.6) is 0 Å². The minimum absolute atomic E-state index is 0. The van der Waals surface area contributed by atoms with Crippen molar-refractivity contribution in [2.45, 2.75) is 97.7 Å². The largest absolute Gasteiger partial charge is 0.370 e. The van der Waals surface area contributed by atoms with Crippen LogP contribution in [-0.2, 0) is 15.9 Å². The summed E-state index contributed by atoms with van der Waals surface area (Å²) in [5, 5.41) is 10.6. The highest BCUT2D eigenvalue weighted by Crippen LogP contribution is 2.49. The molecule has 4 aliphatic rings. The van der Waals surface area contributed by atoms with Crippen molar-refractivity contribution in [3.8, 4) is 0 Å². The van der Waals surface area contributed by atoms with Crippen molar-refractivity contribution in [3.05, 3.63) is 94.4 Å². The molecule has 11 heteroatoms. The van der Waals surface area contributed by atoms with Gasteiger partial charge in [0, 0.05) is 34.5 Å². The summed E-state index contributed by atoms with van der Waals surface area (Å²) in [4.78, 5) is 18.2. The Morgan fingerprint density at radius 1 is 0.800 bits per heavy atom. The summed E-state index contributed by atoms with van der Waals surface area (Å²) >= 11 is 9.80. The highest BCUT2D eigenvalue weighted by atomic mass is 79.9. The third-order valence-corrected chi connectivity index (χ3v) is 11.9. The summed E-state index contributed by atoms with van der Waals surface area (Å²) in [7, 11) is 0. The topological polar surface area (TPSA) is 99.0 Å². The maximum absolute atomic E-state index is 6.46. The van der Waals surface area contributed by atoms with E-state index >= 15 is 0 Å². The zero-order valence-corrected chi connectivity index (χ0v) is 32.5. The summed E-state index contributed by atoms with van der Waals surface area (Å²) < 4.78 is 16.2. The lowest BCUT2D eigenvalue weighted by Gasteiger charge is -2.24. The highest BCUT2D eigenvalue weighted by Gasteiger charge is 2.54. The molecule has 10 rings (SSSR count). The van der Waals surface area contributed by atoms with Crippen LogP contribution in [0.2, 0.25) is 5.15 Å². The van der Waals surface area contributed by atoms with Gasteiger partial charge in [0.05, 0.1) is 28.6 Å². The number of nitrogens with zero attached hydrogens (tertiary/aromatic N) is 5. The van der Waals surface area contributed by atoms with Crippen LogP contribution in [0.4, 0.5) is 11.6 Å². The molecule has 3 aliphatic carbocycles. The van der Waals surface area contributed by atoms with Crippen LogP contribution in [0.15, 0.2) is 83.7 Å². The number of benzene rings is 2.